The topological polar surface area (TPSA) is 154 Å². The van der Waals surface area contributed by atoms with Crippen molar-refractivity contribution in [3.05, 3.63) is 78.2 Å². The number of carbonyl (C=O) groups excluding carboxylic acids is 3. The molecule has 1 saturated heterocycles. The lowest BCUT2D eigenvalue weighted by Crippen LogP contribution is -2.50. The highest BCUT2D eigenvalue weighted by molar-refractivity contribution is 5.99. The molecule has 2 unspecified atom stereocenters. The Hall–Kier alpha value is -5.19. The first kappa shape index (κ1) is 33.2. The van der Waals surface area contributed by atoms with E-state index in [0.717, 1.165) is 46.0 Å². The first-order valence-corrected chi connectivity index (χ1v) is 15.8. The van der Waals surface area contributed by atoms with Crippen LogP contribution in [0.5, 0.6) is 0 Å². The smallest absolute Gasteiger partial charge is 0.408 e. The van der Waals surface area contributed by atoms with Gasteiger partial charge in [0.05, 0.1) is 24.5 Å². The minimum Gasteiger partial charge on any atom is -0.465 e. The van der Waals surface area contributed by atoms with Crippen LogP contribution in [0.2, 0.25) is 0 Å². The van der Waals surface area contributed by atoms with Crippen LogP contribution in [0.1, 0.15) is 69.7 Å². The van der Waals surface area contributed by atoms with Crippen molar-refractivity contribution in [3.63, 3.8) is 0 Å². The number of ketones is 1. The number of aromatic amines is 1. The van der Waals surface area contributed by atoms with E-state index in [-0.39, 0.29) is 30.2 Å². The number of nitrogens with one attached hydrogen (secondary N) is 3. The molecular weight excluding hydrogens is 598 g/mol. The van der Waals surface area contributed by atoms with Crippen LogP contribution in [0.15, 0.2) is 66.9 Å². The molecule has 0 radical (unpaired) electrons. The van der Waals surface area contributed by atoms with E-state index < -0.39 is 23.8 Å². The monoisotopic (exact) mass is 639 g/mol. The summed E-state index contributed by atoms with van der Waals surface area (Å²) in [6.07, 6.45) is 1.48. The number of H-pyrrole nitrogens is 1. The Morgan fingerprint density at radius 1 is 0.979 bits per heavy atom. The molecule has 11 heteroatoms. The van der Waals surface area contributed by atoms with E-state index in [1.165, 1.54) is 0 Å². The van der Waals surface area contributed by atoms with Gasteiger partial charge in [-0.05, 0) is 73.6 Å². The van der Waals surface area contributed by atoms with Crippen LogP contribution in [0.25, 0.3) is 33.2 Å². The third-order valence-corrected chi connectivity index (χ3v) is 8.14. The minimum absolute atomic E-state index is 0.149. The predicted molar refractivity (Wildman–Crippen MR) is 179 cm³/mol. The van der Waals surface area contributed by atoms with E-state index in [2.05, 4.69) is 32.7 Å². The highest BCUT2D eigenvalue weighted by atomic mass is 16.6. The van der Waals surface area contributed by atoms with E-state index in [1.54, 1.807) is 44.0 Å². The van der Waals surface area contributed by atoms with Gasteiger partial charge in [0.25, 0.3) is 0 Å². The summed E-state index contributed by atoms with van der Waals surface area (Å²) in [5, 5.41) is 16.2. The number of Topliss-reactive ketones (excluding diaryl/α,β-unsaturated/α-hetero) is 1. The van der Waals surface area contributed by atoms with E-state index in [1.807, 2.05) is 50.2 Å². The second-order valence-corrected chi connectivity index (χ2v) is 13.2. The highest BCUT2D eigenvalue weighted by Crippen LogP contribution is 2.34. The van der Waals surface area contributed by atoms with Gasteiger partial charge in [0.15, 0.2) is 5.78 Å². The number of rotatable bonds is 9. The second-order valence-electron chi connectivity index (χ2n) is 13.2. The van der Waals surface area contributed by atoms with Gasteiger partial charge < -0.3 is 30.4 Å². The van der Waals surface area contributed by atoms with Crippen molar-refractivity contribution in [2.45, 2.75) is 65.1 Å². The maximum absolute atomic E-state index is 13.3. The molecule has 0 aliphatic carbocycles. The summed E-state index contributed by atoms with van der Waals surface area (Å²) < 4.78 is 5.19. The molecule has 5 rings (SSSR count). The third-order valence-electron chi connectivity index (χ3n) is 8.14. The Labute approximate surface area is 273 Å². The lowest BCUT2D eigenvalue weighted by atomic mass is 9.98. The van der Waals surface area contributed by atoms with Gasteiger partial charge in [-0.15, -0.1) is 0 Å². The maximum Gasteiger partial charge on any atom is 0.408 e. The molecule has 3 amide bonds. The van der Waals surface area contributed by atoms with Gasteiger partial charge in [-0.1, -0.05) is 62.4 Å². The molecule has 0 saturated carbocycles. The maximum atomic E-state index is 13.3. The highest BCUT2D eigenvalue weighted by Gasteiger charge is 2.37. The Morgan fingerprint density at radius 3 is 2.26 bits per heavy atom. The summed E-state index contributed by atoms with van der Waals surface area (Å²) in [6.45, 7) is 9.34. The molecule has 1 aliphatic heterocycles. The fourth-order valence-corrected chi connectivity index (χ4v) is 5.80. The van der Waals surface area contributed by atoms with Crippen molar-refractivity contribution >= 4 is 34.6 Å². The summed E-state index contributed by atoms with van der Waals surface area (Å²) in [4.78, 5) is 58.8. The van der Waals surface area contributed by atoms with Gasteiger partial charge in [0.2, 0.25) is 5.91 Å². The van der Waals surface area contributed by atoms with Gasteiger partial charge >= 0.3 is 12.2 Å². The van der Waals surface area contributed by atoms with Crippen LogP contribution < -0.4 is 10.6 Å². The van der Waals surface area contributed by atoms with Gasteiger partial charge in [-0.3, -0.25) is 9.59 Å². The molecule has 2 atom stereocenters. The van der Waals surface area contributed by atoms with Gasteiger partial charge in [0.1, 0.15) is 17.5 Å². The summed E-state index contributed by atoms with van der Waals surface area (Å²) >= 11 is 0. The largest absolute Gasteiger partial charge is 0.465 e. The summed E-state index contributed by atoms with van der Waals surface area (Å²) in [7, 11) is 0. The summed E-state index contributed by atoms with van der Waals surface area (Å²) in [5.74, 6) is 0.0496. The molecule has 3 aromatic carbocycles. The number of ether oxygens (including phenoxy) is 1. The van der Waals surface area contributed by atoms with Crippen LogP contribution in [0, 0.1) is 5.92 Å². The zero-order valence-corrected chi connectivity index (χ0v) is 27.3. The van der Waals surface area contributed by atoms with Crippen molar-refractivity contribution in [3.8, 4) is 22.4 Å². The molecule has 246 valence electrons. The van der Waals surface area contributed by atoms with Gasteiger partial charge in [-0.25, -0.2) is 14.6 Å². The first-order valence-electron chi connectivity index (χ1n) is 15.8. The molecule has 47 heavy (non-hydrogen) atoms. The third kappa shape index (κ3) is 7.97. The number of nitrogens with zero attached hydrogens (tertiary/aromatic N) is 2. The number of fused-ring (bicyclic) bond motifs is 1. The number of benzene rings is 3. The van der Waals surface area contributed by atoms with E-state index in [9.17, 15) is 24.3 Å². The fraction of sp³-hybridized carbons (Fsp3) is 0.361. The zero-order valence-electron chi connectivity index (χ0n) is 27.3. The Morgan fingerprint density at radius 2 is 1.62 bits per heavy atom. The number of likely N-dealkylation sites (tertiary alicyclic amines) is 1. The summed E-state index contributed by atoms with van der Waals surface area (Å²) in [6, 6.07) is 18.5. The number of carboxylic acid groups (broad SMARTS) is 1. The second kappa shape index (κ2) is 13.7. The lowest BCUT2D eigenvalue weighted by molar-refractivity contribution is -0.135. The molecule has 11 nitrogen and oxygen atoms in total. The average Bonchev–Trinajstić information content (AvgIpc) is 3.71. The minimum atomic E-state index is -1.22. The van der Waals surface area contributed by atoms with Crippen molar-refractivity contribution < 1.29 is 29.0 Å². The number of carbonyl (C=O) groups is 4. The van der Waals surface area contributed by atoms with Crippen LogP contribution in [-0.4, -0.2) is 68.6 Å². The predicted octanol–water partition coefficient (Wildman–Crippen LogP) is 6.56. The first-order chi connectivity index (χ1) is 22.3. The van der Waals surface area contributed by atoms with Crippen LogP contribution >= 0.6 is 0 Å². The number of imidazole rings is 1. The lowest BCUT2D eigenvalue weighted by Gasteiger charge is -2.29. The Bertz CT molecular complexity index is 1790. The molecule has 2 heterocycles. The van der Waals surface area contributed by atoms with Crippen LogP contribution in [0.4, 0.5) is 9.59 Å². The number of aromatic nitrogens is 2. The van der Waals surface area contributed by atoms with Crippen LogP contribution in [0.3, 0.4) is 0 Å². The van der Waals surface area contributed by atoms with Crippen molar-refractivity contribution in [2.75, 3.05) is 13.1 Å². The molecule has 1 aliphatic rings. The fourth-order valence-electron chi connectivity index (χ4n) is 5.80. The Balaban J connectivity index is 1.27. The number of hydrogen-bond acceptors (Lipinski definition) is 6. The van der Waals surface area contributed by atoms with E-state index >= 15 is 0 Å². The Kier molecular flexibility index (Phi) is 9.64. The molecular formula is C36H41N5O6. The van der Waals surface area contributed by atoms with Crippen molar-refractivity contribution in [1.82, 2.24) is 25.5 Å². The molecule has 4 N–H and O–H groups in total. The zero-order chi connectivity index (χ0) is 33.9. The average molecular weight is 640 g/mol. The van der Waals surface area contributed by atoms with Crippen LogP contribution in [-0.2, 0) is 9.53 Å². The van der Waals surface area contributed by atoms with Gasteiger partial charge in [-0.2, -0.15) is 0 Å². The van der Waals surface area contributed by atoms with E-state index in [4.69, 9.17) is 4.74 Å². The number of alkyl carbamates (subject to hydrolysis) is 1. The standard InChI is InChI=1S/C36H41N5O6/c1-21(2)31(40-34(44)45)33(43)41-16-6-7-29(41)32-37-19-28(39-32)27-15-14-25-17-24(12-13-26(25)18-27)22-8-10-23(11-9-22)30(42)20-38-35(46)47-36(3,4)5/h8-15,17-19,21,29,31,40H,6-7,16,20H2,1-5H3,(H,37,39)(H,38,46)(H,44,45). The number of hydrogen-bond donors (Lipinski definition) is 4. The quantitative estimate of drug-likeness (QED) is 0.151. The molecule has 1 fully saturated rings. The molecule has 0 spiro atoms. The SMILES string of the molecule is CC(C)C(NC(=O)O)C(=O)N1CCCC1c1ncc(-c2ccc3cc(-c4ccc(C(=O)CNC(=O)OC(C)(C)C)cc4)ccc3c2)[nH]1. The number of amides is 3. The molecule has 4 aromatic rings. The normalized spacial score (nSPS) is 15.4. The van der Waals surface area contributed by atoms with Crippen molar-refractivity contribution in [1.29, 1.82) is 0 Å². The summed E-state index contributed by atoms with van der Waals surface area (Å²) in [5.41, 5.74) is 3.60. The van der Waals surface area contributed by atoms with E-state index in [0.29, 0.717) is 17.9 Å². The molecule has 0 bridgehead atoms. The van der Waals surface area contributed by atoms with Crippen molar-refractivity contribution in [2.24, 2.45) is 5.92 Å². The van der Waals surface area contributed by atoms with Gasteiger partial charge in [0, 0.05) is 17.7 Å². The molecule has 1 aromatic heterocycles.